The van der Waals surface area contributed by atoms with Gasteiger partial charge in [-0.05, 0) is 29.9 Å². The number of rotatable bonds is 4. The number of hydrogen-bond acceptors (Lipinski definition) is 3. The molecule has 0 amide bonds. The highest BCUT2D eigenvalue weighted by molar-refractivity contribution is 7.80. The third-order valence-corrected chi connectivity index (χ3v) is 2.46. The van der Waals surface area contributed by atoms with Gasteiger partial charge in [0.15, 0.2) is 5.11 Å². The topological polar surface area (TPSA) is 78.5 Å². The average Bonchev–Trinajstić information content (AvgIpc) is 2.27. The lowest BCUT2D eigenvalue weighted by molar-refractivity contribution is 0.0327. The number of alkyl halides is 1. The summed E-state index contributed by atoms with van der Waals surface area (Å²) < 4.78 is 0. The molecular formula is C10H13ClN2O2S. The van der Waals surface area contributed by atoms with Gasteiger partial charge >= 0.3 is 0 Å². The minimum atomic E-state index is -0.989. The zero-order valence-electron chi connectivity index (χ0n) is 8.43. The van der Waals surface area contributed by atoms with E-state index in [1.807, 2.05) is 0 Å². The van der Waals surface area contributed by atoms with Crippen molar-refractivity contribution in [3.63, 3.8) is 0 Å². The molecule has 1 aromatic carbocycles. The second kappa shape index (κ2) is 6.00. The zero-order chi connectivity index (χ0) is 12.1. The molecule has 0 saturated carbocycles. The van der Waals surface area contributed by atoms with Gasteiger partial charge in [0.1, 0.15) is 6.10 Å². The van der Waals surface area contributed by atoms with E-state index in [-0.39, 0.29) is 11.0 Å². The van der Waals surface area contributed by atoms with E-state index >= 15 is 0 Å². The summed E-state index contributed by atoms with van der Waals surface area (Å²) >= 11 is 10.1. The Morgan fingerprint density at radius 2 is 1.94 bits per heavy atom. The number of benzene rings is 1. The van der Waals surface area contributed by atoms with Crippen molar-refractivity contribution in [2.45, 2.75) is 12.2 Å². The van der Waals surface area contributed by atoms with Gasteiger partial charge in [-0.25, -0.2) is 0 Å². The van der Waals surface area contributed by atoms with Crippen LogP contribution in [0.25, 0.3) is 0 Å². The summed E-state index contributed by atoms with van der Waals surface area (Å²) in [5, 5.41) is 21.9. The van der Waals surface area contributed by atoms with Crippen LogP contribution in [-0.2, 0) is 0 Å². The van der Waals surface area contributed by atoms with Crippen LogP contribution < -0.4 is 11.1 Å². The smallest absolute Gasteiger partial charge is 0.168 e. The zero-order valence-corrected chi connectivity index (χ0v) is 10.0. The molecule has 0 aliphatic heterocycles. The van der Waals surface area contributed by atoms with E-state index in [4.69, 9.17) is 17.3 Å². The fourth-order valence-electron chi connectivity index (χ4n) is 1.21. The van der Waals surface area contributed by atoms with Crippen LogP contribution in [0.1, 0.15) is 11.7 Å². The molecule has 0 heterocycles. The molecule has 0 fully saturated rings. The van der Waals surface area contributed by atoms with E-state index in [1.54, 1.807) is 24.3 Å². The van der Waals surface area contributed by atoms with Crippen molar-refractivity contribution >= 4 is 34.6 Å². The maximum absolute atomic E-state index is 9.66. The SMILES string of the molecule is NC(=S)Nc1ccc(C(O)C(O)CCl)cc1. The quantitative estimate of drug-likeness (QED) is 0.479. The Hall–Kier alpha value is -0.880. The van der Waals surface area contributed by atoms with Crippen molar-refractivity contribution in [3.8, 4) is 0 Å². The van der Waals surface area contributed by atoms with Crippen molar-refractivity contribution in [1.29, 1.82) is 0 Å². The van der Waals surface area contributed by atoms with Crippen molar-refractivity contribution < 1.29 is 10.2 Å². The van der Waals surface area contributed by atoms with Crippen molar-refractivity contribution in [2.75, 3.05) is 11.2 Å². The van der Waals surface area contributed by atoms with Gasteiger partial charge in [-0.1, -0.05) is 12.1 Å². The first-order chi connectivity index (χ1) is 7.54. The average molecular weight is 261 g/mol. The van der Waals surface area contributed by atoms with E-state index in [0.717, 1.165) is 5.69 Å². The first-order valence-corrected chi connectivity index (χ1v) is 5.57. The summed E-state index contributed by atoms with van der Waals surface area (Å²) in [7, 11) is 0. The van der Waals surface area contributed by atoms with Gasteiger partial charge in [0.25, 0.3) is 0 Å². The van der Waals surface area contributed by atoms with Crippen molar-refractivity contribution in [2.24, 2.45) is 5.73 Å². The number of anilines is 1. The third-order valence-electron chi connectivity index (χ3n) is 2.04. The molecule has 6 heteroatoms. The minimum absolute atomic E-state index is 0.0198. The molecule has 88 valence electrons. The Morgan fingerprint density at radius 1 is 1.38 bits per heavy atom. The van der Waals surface area contributed by atoms with Gasteiger partial charge in [0, 0.05) is 5.69 Å². The van der Waals surface area contributed by atoms with E-state index in [2.05, 4.69) is 17.5 Å². The molecule has 2 unspecified atom stereocenters. The van der Waals surface area contributed by atoms with Gasteiger partial charge in [0.2, 0.25) is 0 Å². The second-order valence-electron chi connectivity index (χ2n) is 3.28. The molecule has 0 saturated heterocycles. The molecule has 0 radical (unpaired) electrons. The standard InChI is InChI=1S/C10H13ClN2O2S/c11-5-8(14)9(15)6-1-3-7(4-2-6)13-10(12)16/h1-4,8-9,14-15H,5H2,(H3,12,13,16). The van der Waals surface area contributed by atoms with E-state index in [1.165, 1.54) is 0 Å². The van der Waals surface area contributed by atoms with Gasteiger partial charge in [-0.3, -0.25) is 0 Å². The first kappa shape index (κ1) is 13.2. The molecule has 16 heavy (non-hydrogen) atoms. The maximum atomic E-state index is 9.66. The normalized spacial score (nSPS) is 14.2. The lowest BCUT2D eigenvalue weighted by Gasteiger charge is -2.16. The molecule has 0 bridgehead atoms. The molecule has 0 aromatic heterocycles. The number of hydrogen-bond donors (Lipinski definition) is 4. The van der Waals surface area contributed by atoms with Crippen LogP contribution >= 0.6 is 23.8 Å². The highest BCUT2D eigenvalue weighted by Crippen LogP contribution is 2.19. The molecular weight excluding hydrogens is 248 g/mol. The van der Waals surface area contributed by atoms with Crippen molar-refractivity contribution in [3.05, 3.63) is 29.8 Å². The summed E-state index contributed by atoms with van der Waals surface area (Å²) in [5.74, 6) is -0.0198. The fourth-order valence-corrected chi connectivity index (χ4v) is 1.50. The number of aliphatic hydroxyl groups excluding tert-OH is 2. The summed E-state index contributed by atoms with van der Waals surface area (Å²) in [6, 6.07) is 6.75. The van der Waals surface area contributed by atoms with Crippen LogP contribution in [0.3, 0.4) is 0 Å². The molecule has 4 nitrogen and oxygen atoms in total. The number of thiocarbonyl (C=S) groups is 1. The molecule has 1 aromatic rings. The van der Waals surface area contributed by atoms with E-state index in [9.17, 15) is 10.2 Å². The van der Waals surface area contributed by atoms with E-state index < -0.39 is 12.2 Å². The van der Waals surface area contributed by atoms with Gasteiger partial charge in [0.05, 0.1) is 12.0 Å². The van der Waals surface area contributed by atoms with Crippen LogP contribution in [0, 0.1) is 0 Å². The van der Waals surface area contributed by atoms with Crippen LogP contribution in [0.15, 0.2) is 24.3 Å². The Balaban J connectivity index is 2.74. The number of halogens is 1. The van der Waals surface area contributed by atoms with E-state index in [0.29, 0.717) is 5.56 Å². The lowest BCUT2D eigenvalue weighted by Crippen LogP contribution is -2.20. The lowest BCUT2D eigenvalue weighted by atomic mass is 10.1. The van der Waals surface area contributed by atoms with Crippen LogP contribution in [0.4, 0.5) is 5.69 Å². The Bertz CT molecular complexity index is 358. The summed E-state index contributed by atoms with van der Waals surface area (Å²) in [6.45, 7) is 0. The Kier molecular flexibility index (Phi) is 4.95. The monoisotopic (exact) mass is 260 g/mol. The number of nitrogens with two attached hydrogens (primary N) is 1. The number of nitrogens with one attached hydrogen (secondary N) is 1. The largest absolute Gasteiger partial charge is 0.389 e. The minimum Gasteiger partial charge on any atom is -0.389 e. The van der Waals surface area contributed by atoms with Gasteiger partial charge in [-0.15, -0.1) is 11.6 Å². The van der Waals surface area contributed by atoms with Gasteiger partial charge < -0.3 is 21.3 Å². The summed E-state index contributed by atoms with van der Waals surface area (Å²) in [5.41, 5.74) is 6.62. The number of aliphatic hydroxyl groups is 2. The summed E-state index contributed by atoms with van der Waals surface area (Å²) in [6.07, 6.45) is -1.97. The molecule has 0 aliphatic carbocycles. The highest BCUT2D eigenvalue weighted by atomic mass is 35.5. The Labute approximate surface area is 104 Å². The van der Waals surface area contributed by atoms with Crippen LogP contribution in [0.5, 0.6) is 0 Å². The third kappa shape index (κ3) is 3.61. The predicted molar refractivity (Wildman–Crippen MR) is 68.5 cm³/mol. The highest BCUT2D eigenvalue weighted by Gasteiger charge is 2.16. The fraction of sp³-hybridized carbons (Fsp3) is 0.300. The van der Waals surface area contributed by atoms with Crippen LogP contribution in [0.2, 0.25) is 0 Å². The molecule has 0 aliphatic rings. The second-order valence-corrected chi connectivity index (χ2v) is 4.03. The molecule has 1 rings (SSSR count). The predicted octanol–water partition coefficient (Wildman–Crippen LogP) is 0.975. The van der Waals surface area contributed by atoms with Crippen molar-refractivity contribution in [1.82, 2.24) is 0 Å². The summed E-state index contributed by atoms with van der Waals surface area (Å²) in [4.78, 5) is 0. The Morgan fingerprint density at radius 3 is 2.38 bits per heavy atom. The van der Waals surface area contributed by atoms with Gasteiger partial charge in [-0.2, -0.15) is 0 Å². The first-order valence-electron chi connectivity index (χ1n) is 4.63. The maximum Gasteiger partial charge on any atom is 0.168 e. The molecule has 5 N–H and O–H groups in total. The molecule has 0 spiro atoms. The molecule has 2 atom stereocenters. The van der Waals surface area contributed by atoms with Crippen LogP contribution in [-0.4, -0.2) is 27.3 Å².